The largest absolute Gasteiger partial charge is 0.472 e. The Morgan fingerprint density at radius 1 is 0.469 bits per heavy atom. The van der Waals surface area contributed by atoms with Crippen LogP contribution in [0, 0.1) is 0 Å². The van der Waals surface area contributed by atoms with Gasteiger partial charge in [-0.2, -0.15) is 0 Å². The van der Waals surface area contributed by atoms with E-state index in [0.717, 1.165) is 70.6 Å². The number of rotatable bonds is 51. The minimum atomic E-state index is -4.39. The molecule has 0 saturated carbocycles. The van der Waals surface area contributed by atoms with Crippen LogP contribution in [-0.2, 0) is 32.7 Å². The van der Waals surface area contributed by atoms with E-state index in [1.54, 1.807) is 0 Å². The Morgan fingerprint density at radius 3 is 1.20 bits per heavy atom. The van der Waals surface area contributed by atoms with Gasteiger partial charge in [-0.15, -0.1) is 0 Å². The van der Waals surface area contributed by atoms with Crippen molar-refractivity contribution in [2.45, 2.75) is 270 Å². The van der Waals surface area contributed by atoms with Gasteiger partial charge in [0.25, 0.3) is 0 Å². The topological polar surface area (TPSA) is 134 Å². The van der Waals surface area contributed by atoms with Gasteiger partial charge in [-0.25, -0.2) is 4.57 Å². The molecule has 0 fully saturated rings. The Kier molecular flexibility index (Phi) is 49.2. The van der Waals surface area contributed by atoms with E-state index in [1.807, 2.05) is 0 Å². The highest BCUT2D eigenvalue weighted by Gasteiger charge is 2.26. The SMILES string of the molecule is CCCCCCC/C=C\C/C=C\C/C=C\CCCCCCCCC(=O)OC(COC(=O)CCCCCCCCCCCCCCCCCCCCCCCC)COP(=O)(O)OCCN. The first-order chi connectivity index (χ1) is 31.3. The Labute approximate surface area is 394 Å². The van der Waals surface area contributed by atoms with Crippen molar-refractivity contribution >= 4 is 19.8 Å². The minimum Gasteiger partial charge on any atom is -0.462 e. The van der Waals surface area contributed by atoms with E-state index in [1.165, 1.54) is 161 Å². The van der Waals surface area contributed by atoms with Crippen LogP contribution >= 0.6 is 7.82 Å². The fraction of sp³-hybridized carbons (Fsp3) is 0.852. The number of allylic oxidation sites excluding steroid dienone is 6. The molecule has 0 radical (unpaired) electrons. The van der Waals surface area contributed by atoms with Crippen molar-refractivity contribution in [2.24, 2.45) is 5.73 Å². The molecule has 0 aliphatic rings. The summed E-state index contributed by atoms with van der Waals surface area (Å²) >= 11 is 0. The van der Waals surface area contributed by atoms with Crippen molar-refractivity contribution in [3.05, 3.63) is 36.5 Å². The molecule has 0 aromatic carbocycles. The van der Waals surface area contributed by atoms with Crippen LogP contribution in [0.25, 0.3) is 0 Å². The summed E-state index contributed by atoms with van der Waals surface area (Å²) in [4.78, 5) is 35.1. The van der Waals surface area contributed by atoms with Gasteiger partial charge < -0.3 is 20.1 Å². The van der Waals surface area contributed by atoms with Crippen molar-refractivity contribution in [3.63, 3.8) is 0 Å². The lowest BCUT2D eigenvalue weighted by atomic mass is 10.0. The van der Waals surface area contributed by atoms with E-state index in [0.29, 0.717) is 6.42 Å². The van der Waals surface area contributed by atoms with Crippen LogP contribution in [0.4, 0.5) is 0 Å². The second-order valence-corrected chi connectivity index (χ2v) is 19.6. The van der Waals surface area contributed by atoms with Crippen molar-refractivity contribution < 1.29 is 37.6 Å². The average molecular weight is 924 g/mol. The number of nitrogens with two attached hydrogens (primary N) is 1. The van der Waals surface area contributed by atoms with E-state index in [9.17, 15) is 19.0 Å². The van der Waals surface area contributed by atoms with Gasteiger partial charge in [0.1, 0.15) is 6.61 Å². The first kappa shape index (κ1) is 62.2. The van der Waals surface area contributed by atoms with Crippen molar-refractivity contribution in [1.82, 2.24) is 0 Å². The van der Waals surface area contributed by atoms with E-state index >= 15 is 0 Å². The van der Waals surface area contributed by atoms with Crippen LogP contribution in [-0.4, -0.2) is 49.3 Å². The Morgan fingerprint density at radius 2 is 0.812 bits per heavy atom. The van der Waals surface area contributed by atoms with Crippen LogP contribution in [0.5, 0.6) is 0 Å². The fourth-order valence-electron chi connectivity index (χ4n) is 7.76. The number of ether oxygens (including phenoxy) is 2. The molecule has 0 bridgehead atoms. The minimum absolute atomic E-state index is 0.0518. The zero-order valence-electron chi connectivity index (χ0n) is 41.8. The zero-order chi connectivity index (χ0) is 46.7. The molecule has 0 aromatic rings. The second-order valence-electron chi connectivity index (χ2n) is 18.1. The number of carbonyl (C=O) groups is 2. The summed E-state index contributed by atoms with van der Waals surface area (Å²) < 4.78 is 33.0. The standard InChI is InChI=1S/C54H102NO8P/c1-3-5-7-9-11-13-15-17-19-21-23-25-27-28-30-32-34-36-38-40-42-44-46-53(56)60-50-52(51-62-64(58,59)61-49-48-55)63-54(57)47-45-43-41-39-37-35-33-31-29-26-24-22-20-18-16-14-12-10-8-6-4-2/h16,18,22,24,29,31,52H,3-15,17,19-21,23,25-28,30,32-51,55H2,1-2H3,(H,58,59)/b18-16-,24-22-,31-29-. The Hall–Kier alpha value is -1.77. The van der Waals surface area contributed by atoms with Crippen LogP contribution in [0.2, 0.25) is 0 Å². The summed E-state index contributed by atoms with van der Waals surface area (Å²) in [7, 11) is -4.39. The fourth-order valence-corrected chi connectivity index (χ4v) is 8.53. The van der Waals surface area contributed by atoms with Crippen molar-refractivity contribution in [3.8, 4) is 0 Å². The third kappa shape index (κ3) is 49.7. The molecule has 10 heteroatoms. The molecule has 0 rings (SSSR count). The average Bonchev–Trinajstić information content (AvgIpc) is 3.28. The van der Waals surface area contributed by atoms with Gasteiger partial charge in [0.15, 0.2) is 6.10 Å². The Bertz CT molecular complexity index is 1140. The molecular formula is C54H102NO8P. The molecule has 0 heterocycles. The highest BCUT2D eigenvalue weighted by Crippen LogP contribution is 2.43. The maximum absolute atomic E-state index is 12.7. The molecule has 64 heavy (non-hydrogen) atoms. The van der Waals surface area contributed by atoms with Gasteiger partial charge in [0.05, 0.1) is 13.2 Å². The maximum Gasteiger partial charge on any atom is 0.472 e. The molecule has 0 aromatic heterocycles. The van der Waals surface area contributed by atoms with Crippen LogP contribution in [0.1, 0.15) is 264 Å². The number of unbranched alkanes of at least 4 members (excludes halogenated alkanes) is 32. The van der Waals surface area contributed by atoms with Crippen LogP contribution < -0.4 is 5.73 Å². The molecular weight excluding hydrogens is 822 g/mol. The summed E-state index contributed by atoms with van der Waals surface area (Å²) in [5.74, 6) is -0.831. The number of phosphoric ester groups is 1. The van der Waals surface area contributed by atoms with Gasteiger partial charge in [0.2, 0.25) is 0 Å². The summed E-state index contributed by atoms with van der Waals surface area (Å²) in [5.41, 5.74) is 5.37. The summed E-state index contributed by atoms with van der Waals surface area (Å²) in [6.07, 6.45) is 59.0. The lowest BCUT2D eigenvalue weighted by molar-refractivity contribution is -0.161. The zero-order valence-corrected chi connectivity index (χ0v) is 42.7. The first-order valence-electron chi connectivity index (χ1n) is 27.0. The second kappa shape index (κ2) is 50.6. The van der Waals surface area contributed by atoms with Gasteiger partial charge in [0, 0.05) is 19.4 Å². The molecule has 2 unspecified atom stereocenters. The predicted octanol–water partition coefficient (Wildman–Crippen LogP) is 16.5. The smallest absolute Gasteiger partial charge is 0.462 e. The third-order valence-corrected chi connectivity index (χ3v) is 12.8. The highest BCUT2D eigenvalue weighted by atomic mass is 31.2. The number of hydrogen-bond donors (Lipinski definition) is 2. The maximum atomic E-state index is 12.7. The molecule has 2 atom stereocenters. The van der Waals surface area contributed by atoms with Crippen LogP contribution in [0.15, 0.2) is 36.5 Å². The number of esters is 2. The first-order valence-corrected chi connectivity index (χ1v) is 28.5. The van der Waals surface area contributed by atoms with E-state index < -0.39 is 26.5 Å². The van der Waals surface area contributed by atoms with Crippen LogP contribution in [0.3, 0.4) is 0 Å². The molecule has 0 saturated heterocycles. The van der Waals surface area contributed by atoms with E-state index in [2.05, 4.69) is 50.3 Å². The quantitative estimate of drug-likeness (QED) is 0.0265. The summed E-state index contributed by atoms with van der Waals surface area (Å²) in [6, 6.07) is 0. The monoisotopic (exact) mass is 924 g/mol. The predicted molar refractivity (Wildman–Crippen MR) is 270 cm³/mol. The molecule has 376 valence electrons. The molecule has 0 aliphatic heterocycles. The van der Waals surface area contributed by atoms with Gasteiger partial charge in [-0.1, -0.05) is 237 Å². The molecule has 0 amide bonds. The van der Waals surface area contributed by atoms with Crippen molar-refractivity contribution in [1.29, 1.82) is 0 Å². The molecule has 9 nitrogen and oxygen atoms in total. The van der Waals surface area contributed by atoms with Gasteiger partial charge in [-0.3, -0.25) is 18.6 Å². The number of carbonyl (C=O) groups excluding carboxylic acids is 2. The number of phosphoric acid groups is 1. The van der Waals surface area contributed by atoms with Crippen molar-refractivity contribution in [2.75, 3.05) is 26.4 Å². The lowest BCUT2D eigenvalue weighted by Gasteiger charge is -2.19. The van der Waals surface area contributed by atoms with Gasteiger partial charge >= 0.3 is 19.8 Å². The normalized spacial score (nSPS) is 13.4. The Balaban J connectivity index is 4.02. The third-order valence-electron chi connectivity index (χ3n) is 11.8. The molecule has 0 spiro atoms. The number of hydrogen-bond acceptors (Lipinski definition) is 8. The highest BCUT2D eigenvalue weighted by molar-refractivity contribution is 7.47. The van der Waals surface area contributed by atoms with E-state index in [4.69, 9.17) is 24.3 Å². The van der Waals surface area contributed by atoms with Gasteiger partial charge in [-0.05, 0) is 51.4 Å². The molecule has 0 aliphatic carbocycles. The summed E-state index contributed by atoms with van der Waals surface area (Å²) in [5, 5.41) is 0. The van der Waals surface area contributed by atoms with E-state index in [-0.39, 0.29) is 38.6 Å². The summed E-state index contributed by atoms with van der Waals surface area (Å²) in [6.45, 7) is 3.75. The lowest BCUT2D eigenvalue weighted by Crippen LogP contribution is -2.29. The molecule has 3 N–H and O–H groups in total.